The Morgan fingerprint density at radius 2 is 2.19 bits per heavy atom. The first-order valence-corrected chi connectivity index (χ1v) is 7.13. The van der Waals surface area contributed by atoms with E-state index in [1.54, 1.807) is 23.0 Å². The molecule has 0 bridgehead atoms. The molecular weight excluding hydrogens is 270 g/mol. The van der Waals surface area contributed by atoms with Crippen LogP contribution in [0.4, 0.5) is 0 Å². The largest absolute Gasteiger partial charge is 0.454 e. The zero-order valence-electron chi connectivity index (χ0n) is 12.4. The number of furan rings is 1. The molecule has 0 atom stereocenters. The van der Waals surface area contributed by atoms with Gasteiger partial charge < -0.3 is 14.8 Å². The van der Waals surface area contributed by atoms with Crippen molar-refractivity contribution >= 4 is 5.91 Å². The van der Waals surface area contributed by atoms with Crippen LogP contribution >= 0.6 is 0 Å². The monoisotopic (exact) mass is 291 g/mol. The highest BCUT2D eigenvalue weighted by atomic mass is 16.4. The minimum Gasteiger partial charge on any atom is -0.454 e. The SMILES string of the molecule is CCC(O)(CC)CNC(=O)c1ccc(Cn2cccn2)o1. The molecule has 0 aromatic carbocycles. The molecule has 0 radical (unpaired) electrons. The van der Waals surface area contributed by atoms with Crippen LogP contribution in [0.1, 0.15) is 43.0 Å². The second kappa shape index (κ2) is 6.58. The van der Waals surface area contributed by atoms with E-state index in [1.165, 1.54) is 0 Å². The Hall–Kier alpha value is -2.08. The van der Waals surface area contributed by atoms with Gasteiger partial charge in [0.25, 0.3) is 5.91 Å². The number of rotatable bonds is 7. The van der Waals surface area contributed by atoms with Gasteiger partial charge >= 0.3 is 0 Å². The maximum atomic E-state index is 12.0. The van der Waals surface area contributed by atoms with Crippen molar-refractivity contribution in [2.45, 2.75) is 38.8 Å². The summed E-state index contributed by atoms with van der Waals surface area (Å²) < 4.78 is 7.21. The van der Waals surface area contributed by atoms with Crippen molar-refractivity contribution in [2.24, 2.45) is 0 Å². The third-order valence-corrected chi connectivity index (χ3v) is 3.66. The number of hydrogen-bond acceptors (Lipinski definition) is 4. The highest BCUT2D eigenvalue weighted by Gasteiger charge is 2.23. The first-order chi connectivity index (χ1) is 10.1. The number of carbonyl (C=O) groups excluding carboxylic acids is 1. The number of amides is 1. The number of nitrogens with one attached hydrogen (secondary N) is 1. The van der Waals surface area contributed by atoms with E-state index in [-0.39, 0.29) is 18.2 Å². The maximum absolute atomic E-state index is 12.0. The first-order valence-electron chi connectivity index (χ1n) is 7.13. The van der Waals surface area contributed by atoms with Crippen molar-refractivity contribution in [2.75, 3.05) is 6.54 Å². The molecule has 0 unspecified atom stereocenters. The van der Waals surface area contributed by atoms with Crippen LogP contribution < -0.4 is 5.32 Å². The molecule has 2 heterocycles. The summed E-state index contributed by atoms with van der Waals surface area (Å²) in [5.41, 5.74) is -0.861. The summed E-state index contributed by atoms with van der Waals surface area (Å²) in [4.78, 5) is 12.0. The lowest BCUT2D eigenvalue weighted by atomic mass is 9.97. The summed E-state index contributed by atoms with van der Waals surface area (Å²) in [6.07, 6.45) is 4.69. The lowest BCUT2D eigenvalue weighted by molar-refractivity contribution is 0.0309. The smallest absolute Gasteiger partial charge is 0.287 e. The van der Waals surface area contributed by atoms with E-state index in [9.17, 15) is 9.90 Å². The van der Waals surface area contributed by atoms with Crippen molar-refractivity contribution < 1.29 is 14.3 Å². The molecule has 21 heavy (non-hydrogen) atoms. The van der Waals surface area contributed by atoms with Crippen LogP contribution in [-0.4, -0.2) is 32.9 Å². The zero-order chi connectivity index (χ0) is 15.3. The standard InChI is InChI=1S/C15H21N3O3/c1-3-15(20,4-2)11-16-14(19)13-7-6-12(21-13)10-18-9-5-8-17-18/h5-9,20H,3-4,10-11H2,1-2H3,(H,16,19). The average molecular weight is 291 g/mol. The minimum absolute atomic E-state index is 0.216. The Balaban J connectivity index is 1.93. The fourth-order valence-electron chi connectivity index (χ4n) is 1.97. The van der Waals surface area contributed by atoms with Gasteiger partial charge in [0.05, 0.1) is 12.1 Å². The van der Waals surface area contributed by atoms with Crippen molar-refractivity contribution in [3.8, 4) is 0 Å². The Kier molecular flexibility index (Phi) is 4.80. The molecule has 2 rings (SSSR count). The van der Waals surface area contributed by atoms with Crippen molar-refractivity contribution in [3.63, 3.8) is 0 Å². The summed E-state index contributed by atoms with van der Waals surface area (Å²) in [5.74, 6) is 0.582. The molecule has 114 valence electrons. The van der Waals surface area contributed by atoms with E-state index in [1.807, 2.05) is 26.1 Å². The Bertz CT molecular complexity index is 571. The Labute approximate surface area is 123 Å². The summed E-state index contributed by atoms with van der Waals surface area (Å²) in [6, 6.07) is 5.21. The molecule has 0 aliphatic rings. The third-order valence-electron chi connectivity index (χ3n) is 3.66. The molecule has 6 nitrogen and oxygen atoms in total. The molecule has 2 aromatic heterocycles. The van der Waals surface area contributed by atoms with E-state index in [4.69, 9.17) is 4.42 Å². The van der Waals surface area contributed by atoms with Crippen LogP contribution in [0, 0.1) is 0 Å². The van der Waals surface area contributed by atoms with E-state index >= 15 is 0 Å². The summed E-state index contributed by atoms with van der Waals surface area (Å²) in [7, 11) is 0. The van der Waals surface area contributed by atoms with Gasteiger partial charge in [0.1, 0.15) is 5.76 Å². The highest BCUT2D eigenvalue weighted by Crippen LogP contribution is 2.14. The molecule has 0 saturated heterocycles. The maximum Gasteiger partial charge on any atom is 0.287 e. The molecule has 1 amide bonds. The fourth-order valence-corrected chi connectivity index (χ4v) is 1.97. The number of carbonyl (C=O) groups is 1. The van der Waals surface area contributed by atoms with Crippen LogP contribution in [0.25, 0.3) is 0 Å². The molecule has 0 aliphatic heterocycles. The van der Waals surface area contributed by atoms with Gasteiger partial charge in [0, 0.05) is 18.9 Å². The third kappa shape index (κ3) is 3.95. The number of hydrogen-bond donors (Lipinski definition) is 2. The van der Waals surface area contributed by atoms with Gasteiger partial charge in [-0.1, -0.05) is 13.8 Å². The van der Waals surface area contributed by atoms with Gasteiger partial charge in [-0.05, 0) is 31.0 Å². The van der Waals surface area contributed by atoms with E-state index in [0.29, 0.717) is 25.1 Å². The van der Waals surface area contributed by atoms with Crippen molar-refractivity contribution in [1.82, 2.24) is 15.1 Å². The van der Waals surface area contributed by atoms with Gasteiger partial charge in [-0.15, -0.1) is 0 Å². The Morgan fingerprint density at radius 1 is 1.43 bits per heavy atom. The summed E-state index contributed by atoms with van der Waals surface area (Å²) in [5, 5.41) is 16.9. The van der Waals surface area contributed by atoms with Gasteiger partial charge in [-0.2, -0.15) is 5.10 Å². The van der Waals surface area contributed by atoms with Gasteiger partial charge in [-0.25, -0.2) is 0 Å². The van der Waals surface area contributed by atoms with Crippen LogP contribution in [0.3, 0.4) is 0 Å². The molecular formula is C15H21N3O3. The molecule has 0 spiro atoms. The van der Waals surface area contributed by atoms with Gasteiger partial charge in [-0.3, -0.25) is 9.48 Å². The first kappa shape index (κ1) is 15.3. The van der Waals surface area contributed by atoms with Crippen LogP contribution in [0.2, 0.25) is 0 Å². The zero-order valence-corrected chi connectivity index (χ0v) is 12.4. The second-order valence-corrected chi connectivity index (χ2v) is 5.08. The van der Waals surface area contributed by atoms with Gasteiger partial charge in [0.2, 0.25) is 0 Å². The molecule has 2 N–H and O–H groups in total. The molecule has 0 saturated carbocycles. The minimum atomic E-state index is -0.861. The second-order valence-electron chi connectivity index (χ2n) is 5.08. The normalized spacial score (nSPS) is 11.6. The van der Waals surface area contributed by atoms with Crippen LogP contribution in [-0.2, 0) is 6.54 Å². The van der Waals surface area contributed by atoms with Crippen LogP contribution in [0.5, 0.6) is 0 Å². The van der Waals surface area contributed by atoms with E-state index in [2.05, 4.69) is 10.4 Å². The predicted octanol–water partition coefficient (Wildman–Crippen LogP) is 1.81. The molecule has 0 fully saturated rings. The topological polar surface area (TPSA) is 80.3 Å². The fraction of sp³-hybridized carbons (Fsp3) is 0.467. The van der Waals surface area contributed by atoms with E-state index < -0.39 is 5.60 Å². The lowest BCUT2D eigenvalue weighted by Gasteiger charge is -2.24. The molecule has 0 aliphatic carbocycles. The predicted molar refractivity (Wildman–Crippen MR) is 77.9 cm³/mol. The lowest BCUT2D eigenvalue weighted by Crippen LogP contribution is -2.41. The summed E-state index contributed by atoms with van der Waals surface area (Å²) in [6.45, 7) is 4.48. The Morgan fingerprint density at radius 3 is 2.81 bits per heavy atom. The number of nitrogens with zero attached hydrogens (tertiary/aromatic N) is 2. The molecule has 2 aromatic rings. The molecule has 6 heteroatoms. The highest BCUT2D eigenvalue weighted by molar-refractivity contribution is 5.91. The van der Waals surface area contributed by atoms with Crippen molar-refractivity contribution in [3.05, 3.63) is 42.1 Å². The summed E-state index contributed by atoms with van der Waals surface area (Å²) >= 11 is 0. The van der Waals surface area contributed by atoms with Crippen molar-refractivity contribution in [1.29, 1.82) is 0 Å². The van der Waals surface area contributed by atoms with E-state index in [0.717, 1.165) is 0 Å². The average Bonchev–Trinajstić information content (AvgIpc) is 3.17. The quantitative estimate of drug-likeness (QED) is 0.815. The van der Waals surface area contributed by atoms with Gasteiger partial charge in [0.15, 0.2) is 5.76 Å². The van der Waals surface area contributed by atoms with Crippen LogP contribution in [0.15, 0.2) is 35.0 Å². The number of aromatic nitrogens is 2. The number of aliphatic hydroxyl groups is 1.